The van der Waals surface area contributed by atoms with Crippen molar-refractivity contribution < 1.29 is 8.42 Å². The topological polar surface area (TPSA) is 110 Å². The van der Waals surface area contributed by atoms with Crippen LogP contribution >= 0.6 is 15.9 Å². The lowest BCUT2D eigenvalue weighted by Crippen LogP contribution is -2.09. The molecule has 0 amide bonds. The van der Waals surface area contributed by atoms with Gasteiger partial charge in [0.1, 0.15) is 5.82 Å². The minimum absolute atomic E-state index is 0.173. The van der Waals surface area contributed by atoms with Crippen molar-refractivity contribution in [3.05, 3.63) is 71.2 Å². The number of anilines is 4. The minimum atomic E-state index is -3.36. The molecular formula is C21H18BrN5O2S. The molecule has 0 atom stereocenters. The maximum atomic E-state index is 11.5. The number of sulfonamides is 1. The molecule has 3 aromatic carbocycles. The highest BCUT2D eigenvalue weighted by atomic mass is 79.9. The van der Waals surface area contributed by atoms with E-state index in [-0.39, 0.29) is 5.95 Å². The number of hydrogen-bond donors (Lipinski definition) is 3. The molecule has 1 heterocycles. The first kappa shape index (κ1) is 20.1. The summed E-state index contributed by atoms with van der Waals surface area (Å²) < 4.78 is 26.5. The summed E-state index contributed by atoms with van der Waals surface area (Å²) in [6.07, 6.45) is 1.12. The van der Waals surface area contributed by atoms with E-state index in [1.165, 1.54) is 0 Å². The van der Waals surface area contributed by atoms with Crippen molar-refractivity contribution in [3.8, 4) is 11.1 Å². The molecular weight excluding hydrogens is 466 g/mol. The second-order valence-electron chi connectivity index (χ2n) is 6.75. The third-order valence-electron chi connectivity index (χ3n) is 4.30. The van der Waals surface area contributed by atoms with Crippen molar-refractivity contribution in [2.75, 3.05) is 22.0 Å². The second-order valence-corrected chi connectivity index (χ2v) is 9.42. The van der Waals surface area contributed by atoms with Crippen LogP contribution in [0.1, 0.15) is 0 Å². The third-order valence-corrected chi connectivity index (χ3v) is 5.40. The van der Waals surface area contributed by atoms with Gasteiger partial charge in [0.15, 0.2) is 0 Å². The zero-order chi connectivity index (χ0) is 21.3. The Balaban J connectivity index is 1.78. The van der Waals surface area contributed by atoms with E-state index in [4.69, 9.17) is 5.73 Å². The van der Waals surface area contributed by atoms with Crippen LogP contribution in [0.15, 0.2) is 71.2 Å². The molecule has 0 saturated heterocycles. The van der Waals surface area contributed by atoms with E-state index in [9.17, 15) is 8.42 Å². The molecule has 0 aliphatic rings. The number of aromatic nitrogens is 2. The molecule has 1 aromatic heterocycles. The summed E-state index contributed by atoms with van der Waals surface area (Å²) >= 11 is 3.46. The summed E-state index contributed by atoms with van der Waals surface area (Å²) in [6, 6.07) is 20.7. The Morgan fingerprint density at radius 1 is 0.900 bits per heavy atom. The molecule has 7 nitrogen and oxygen atoms in total. The van der Waals surface area contributed by atoms with E-state index >= 15 is 0 Å². The fourth-order valence-corrected chi connectivity index (χ4v) is 4.05. The average molecular weight is 484 g/mol. The Bertz CT molecular complexity index is 1360. The lowest BCUT2D eigenvalue weighted by atomic mass is 10.0. The maximum Gasteiger partial charge on any atom is 0.229 e. The van der Waals surface area contributed by atoms with Crippen LogP contribution in [0.25, 0.3) is 22.0 Å². The van der Waals surface area contributed by atoms with Crippen LogP contribution in [0.3, 0.4) is 0 Å². The third kappa shape index (κ3) is 4.69. The zero-order valence-corrected chi connectivity index (χ0v) is 18.3. The number of nitrogens with zero attached hydrogens (tertiary/aromatic N) is 2. The highest BCUT2D eigenvalue weighted by Gasteiger charge is 2.10. The summed E-state index contributed by atoms with van der Waals surface area (Å²) in [5.74, 6) is 0.759. The molecule has 4 N–H and O–H groups in total. The van der Waals surface area contributed by atoms with Gasteiger partial charge in [0.25, 0.3) is 0 Å². The van der Waals surface area contributed by atoms with Gasteiger partial charge in [0.05, 0.1) is 11.8 Å². The number of halogens is 1. The number of nitrogen functional groups attached to an aromatic ring is 1. The Morgan fingerprint density at radius 3 is 2.40 bits per heavy atom. The summed E-state index contributed by atoms with van der Waals surface area (Å²) in [5, 5.41) is 4.09. The summed E-state index contributed by atoms with van der Waals surface area (Å²) in [7, 11) is -3.36. The summed E-state index contributed by atoms with van der Waals surface area (Å²) in [6.45, 7) is 0. The molecule has 4 rings (SSSR count). The number of rotatable bonds is 5. The van der Waals surface area contributed by atoms with Crippen LogP contribution in [-0.4, -0.2) is 24.6 Å². The van der Waals surface area contributed by atoms with E-state index in [0.717, 1.165) is 32.9 Å². The Morgan fingerprint density at radius 2 is 1.63 bits per heavy atom. The monoisotopic (exact) mass is 483 g/mol. The quantitative estimate of drug-likeness (QED) is 0.377. The highest BCUT2D eigenvalue weighted by molar-refractivity contribution is 9.10. The van der Waals surface area contributed by atoms with Crippen LogP contribution in [0.5, 0.6) is 0 Å². The molecule has 152 valence electrons. The van der Waals surface area contributed by atoms with Gasteiger partial charge in [-0.3, -0.25) is 4.72 Å². The van der Waals surface area contributed by atoms with Crippen LogP contribution in [-0.2, 0) is 10.0 Å². The van der Waals surface area contributed by atoms with E-state index < -0.39 is 10.0 Å². The maximum absolute atomic E-state index is 11.5. The number of fused-ring (bicyclic) bond motifs is 1. The van der Waals surface area contributed by atoms with E-state index in [1.54, 1.807) is 18.2 Å². The van der Waals surface area contributed by atoms with Crippen molar-refractivity contribution >= 4 is 60.0 Å². The van der Waals surface area contributed by atoms with Gasteiger partial charge in [-0.15, -0.1) is 0 Å². The van der Waals surface area contributed by atoms with Gasteiger partial charge >= 0.3 is 0 Å². The molecule has 9 heteroatoms. The number of hydrogen-bond acceptors (Lipinski definition) is 6. The predicted molar refractivity (Wildman–Crippen MR) is 125 cm³/mol. The SMILES string of the molecule is CS(=O)(=O)Nc1cccc(-c2ccc3nc(N)nc(Nc4cccc(Br)c4)c3c2)c1. The lowest BCUT2D eigenvalue weighted by molar-refractivity contribution is 0.607. The van der Waals surface area contributed by atoms with Gasteiger partial charge in [-0.1, -0.05) is 40.2 Å². The first-order valence-corrected chi connectivity index (χ1v) is 11.6. The van der Waals surface area contributed by atoms with Crippen LogP contribution in [0, 0.1) is 0 Å². The fourth-order valence-electron chi connectivity index (χ4n) is 3.10. The Hall–Kier alpha value is -3.17. The van der Waals surface area contributed by atoms with Gasteiger partial charge in [0, 0.05) is 21.2 Å². The zero-order valence-electron chi connectivity index (χ0n) is 15.9. The molecule has 0 aliphatic heterocycles. The summed E-state index contributed by atoms with van der Waals surface area (Å²) in [5.41, 5.74) is 9.70. The molecule has 0 spiro atoms. The Labute approximate surface area is 182 Å². The van der Waals surface area contributed by atoms with E-state index in [1.807, 2.05) is 48.5 Å². The standard InChI is InChI=1S/C21H18BrN5O2S/c1-30(28,29)27-17-7-2-4-13(10-17)14-8-9-19-18(11-14)20(26-21(23)25-19)24-16-6-3-5-15(22)12-16/h2-12,27H,1H3,(H3,23,24,25,26). The number of nitrogens with one attached hydrogen (secondary N) is 2. The molecule has 0 fully saturated rings. The second kappa shape index (κ2) is 7.92. The first-order chi connectivity index (χ1) is 14.3. The number of nitrogens with two attached hydrogens (primary N) is 1. The van der Waals surface area contributed by atoms with E-state index in [2.05, 4.69) is 35.9 Å². The molecule has 0 radical (unpaired) electrons. The van der Waals surface area contributed by atoms with Crippen LogP contribution in [0.4, 0.5) is 23.1 Å². The van der Waals surface area contributed by atoms with Crippen LogP contribution < -0.4 is 15.8 Å². The molecule has 0 saturated carbocycles. The van der Waals surface area contributed by atoms with Crippen LogP contribution in [0.2, 0.25) is 0 Å². The van der Waals surface area contributed by atoms with Crippen molar-refractivity contribution in [1.29, 1.82) is 0 Å². The average Bonchev–Trinajstić information content (AvgIpc) is 2.66. The largest absolute Gasteiger partial charge is 0.368 e. The Kier molecular flexibility index (Phi) is 5.31. The van der Waals surface area contributed by atoms with Crippen molar-refractivity contribution in [1.82, 2.24) is 9.97 Å². The molecule has 0 bridgehead atoms. The highest BCUT2D eigenvalue weighted by Crippen LogP contribution is 2.31. The van der Waals surface area contributed by atoms with Gasteiger partial charge in [-0.05, 0) is 53.6 Å². The predicted octanol–water partition coefficient (Wildman–Crippen LogP) is 4.76. The summed E-state index contributed by atoms with van der Waals surface area (Å²) in [4.78, 5) is 8.70. The smallest absolute Gasteiger partial charge is 0.229 e. The van der Waals surface area contributed by atoms with Crippen molar-refractivity contribution in [3.63, 3.8) is 0 Å². The number of benzene rings is 3. The first-order valence-electron chi connectivity index (χ1n) is 8.95. The lowest BCUT2D eigenvalue weighted by Gasteiger charge is -2.12. The van der Waals surface area contributed by atoms with Crippen molar-refractivity contribution in [2.24, 2.45) is 0 Å². The van der Waals surface area contributed by atoms with Crippen molar-refractivity contribution in [2.45, 2.75) is 0 Å². The van der Waals surface area contributed by atoms with E-state index in [0.29, 0.717) is 17.0 Å². The fraction of sp³-hybridized carbons (Fsp3) is 0.0476. The molecule has 30 heavy (non-hydrogen) atoms. The molecule has 0 aliphatic carbocycles. The van der Waals surface area contributed by atoms with Gasteiger partial charge < -0.3 is 11.1 Å². The minimum Gasteiger partial charge on any atom is -0.368 e. The normalized spacial score (nSPS) is 11.4. The van der Waals surface area contributed by atoms with Gasteiger partial charge in [-0.2, -0.15) is 4.98 Å². The van der Waals surface area contributed by atoms with Gasteiger partial charge in [-0.25, -0.2) is 13.4 Å². The molecule has 4 aromatic rings. The van der Waals surface area contributed by atoms with Gasteiger partial charge in [0.2, 0.25) is 16.0 Å². The molecule has 0 unspecified atom stereocenters.